The van der Waals surface area contributed by atoms with Crippen molar-refractivity contribution >= 4 is 45.9 Å². The number of nitrogens with one attached hydrogen (secondary N) is 4. The Morgan fingerprint density at radius 3 is 1.93 bits per heavy atom. The van der Waals surface area contributed by atoms with Crippen molar-refractivity contribution in [1.29, 1.82) is 0 Å². The van der Waals surface area contributed by atoms with E-state index >= 15 is 0 Å². The molecule has 306 valence electrons. The van der Waals surface area contributed by atoms with Crippen LogP contribution < -0.4 is 10.6 Å². The third kappa shape index (κ3) is 8.07. The Labute approximate surface area is 337 Å². The highest BCUT2D eigenvalue weighted by Gasteiger charge is 2.39. The molecule has 2 aliphatic rings. The minimum Gasteiger partial charge on any atom is -0.453 e. The Morgan fingerprint density at radius 2 is 1.33 bits per heavy atom. The average molecular weight is 792 g/mol. The molecule has 0 unspecified atom stereocenters. The molecule has 5 aromatic rings. The number of likely N-dealkylation sites (tertiary alicyclic amines) is 2. The van der Waals surface area contributed by atoms with Crippen molar-refractivity contribution in [3.63, 3.8) is 0 Å². The Hall–Kier alpha value is -5.99. The number of methoxy groups -OCH3 is 2. The summed E-state index contributed by atoms with van der Waals surface area (Å²) in [7, 11) is 2.60. The monoisotopic (exact) mass is 791 g/mol. The van der Waals surface area contributed by atoms with Gasteiger partial charge in [-0.3, -0.25) is 9.59 Å². The molecule has 0 aliphatic carbocycles. The van der Waals surface area contributed by atoms with Gasteiger partial charge in [0.05, 0.1) is 60.4 Å². The van der Waals surface area contributed by atoms with E-state index in [-0.39, 0.29) is 35.7 Å². The molecule has 15 nitrogen and oxygen atoms in total. The lowest BCUT2D eigenvalue weighted by Gasteiger charge is -2.30. The van der Waals surface area contributed by atoms with Crippen LogP contribution in [-0.2, 0) is 19.1 Å². The number of pyridine rings is 1. The van der Waals surface area contributed by atoms with Crippen molar-refractivity contribution in [1.82, 2.24) is 45.4 Å². The zero-order valence-electron chi connectivity index (χ0n) is 34.0. The van der Waals surface area contributed by atoms with E-state index in [0.29, 0.717) is 18.9 Å². The maximum absolute atomic E-state index is 13.8. The van der Waals surface area contributed by atoms with Gasteiger partial charge in [-0.1, -0.05) is 58.7 Å². The number of imidazole rings is 2. The second-order valence-electron chi connectivity index (χ2n) is 15.5. The molecule has 5 heterocycles. The molecule has 0 bridgehead atoms. The number of aromatic nitrogens is 5. The first-order valence-corrected chi connectivity index (χ1v) is 20.3. The van der Waals surface area contributed by atoms with Gasteiger partial charge in [-0.15, -0.1) is 0 Å². The second kappa shape index (κ2) is 17.2. The Morgan fingerprint density at radius 1 is 0.741 bits per heavy atom. The summed E-state index contributed by atoms with van der Waals surface area (Å²) < 4.78 is 9.62. The molecule has 0 saturated carbocycles. The molecule has 4 N–H and O–H groups in total. The number of amides is 4. The number of fused-ring (bicyclic) bond motifs is 2. The van der Waals surface area contributed by atoms with E-state index in [1.54, 1.807) is 6.20 Å². The normalized spacial score (nSPS) is 18.9. The molecule has 7 rings (SSSR count). The lowest BCUT2D eigenvalue weighted by atomic mass is 9.97. The summed E-state index contributed by atoms with van der Waals surface area (Å²) in [6.45, 7) is 9.07. The van der Waals surface area contributed by atoms with Crippen molar-refractivity contribution in [2.24, 2.45) is 11.8 Å². The highest BCUT2D eigenvalue weighted by atomic mass is 16.5. The zero-order chi connectivity index (χ0) is 41.1. The van der Waals surface area contributed by atoms with E-state index in [9.17, 15) is 19.2 Å². The lowest BCUT2D eigenvalue weighted by molar-refractivity contribution is -0.136. The number of carbonyl (C=O) groups is 4. The predicted octanol–water partition coefficient (Wildman–Crippen LogP) is 7.04. The molecule has 2 aliphatic heterocycles. The molecule has 15 heteroatoms. The number of H-pyrrole nitrogens is 2. The fraction of sp³-hybridized carbons (Fsp3) is 0.465. The van der Waals surface area contributed by atoms with Gasteiger partial charge in [0.25, 0.3) is 0 Å². The molecular formula is C43H53N9O6. The van der Waals surface area contributed by atoms with E-state index in [0.717, 1.165) is 88.8 Å². The van der Waals surface area contributed by atoms with Crippen molar-refractivity contribution in [3.8, 4) is 22.5 Å². The highest BCUT2D eigenvalue weighted by molar-refractivity contribution is 5.89. The number of hydrogen-bond donors (Lipinski definition) is 4. The summed E-state index contributed by atoms with van der Waals surface area (Å²) in [4.78, 5) is 77.0. The largest absolute Gasteiger partial charge is 0.453 e. The smallest absolute Gasteiger partial charge is 0.407 e. The maximum Gasteiger partial charge on any atom is 0.407 e. The number of hydrogen-bond acceptors (Lipinski definition) is 9. The number of alkyl carbamates (subject to hydrolysis) is 2. The summed E-state index contributed by atoms with van der Waals surface area (Å²) in [6, 6.07) is 14.3. The van der Waals surface area contributed by atoms with Crippen LogP contribution in [0.1, 0.15) is 90.0 Å². The molecule has 2 aromatic carbocycles. The SMILES string of the molecule is CC[C@@H](C)[C@H](NC(=O)OC)C(=O)N1CCC[C@H]1c1ncc(-c2ccc3nc(-c4ccc5nc([C@@H]6CCCN6C(=O)[C@@H](NC(=O)OC)[C@H](C)CC)[nH]c5c4)ccc3c2)[nH]1. The van der Waals surface area contributed by atoms with Crippen LogP contribution in [0.15, 0.2) is 54.7 Å². The summed E-state index contributed by atoms with van der Waals surface area (Å²) >= 11 is 0. The molecule has 58 heavy (non-hydrogen) atoms. The van der Waals surface area contributed by atoms with Crippen LogP contribution in [0.4, 0.5) is 9.59 Å². The van der Waals surface area contributed by atoms with Gasteiger partial charge < -0.3 is 39.9 Å². The number of benzene rings is 2. The standard InChI is InChI=1S/C43H53N9O6/c1-7-24(3)36(49-42(55)57-5)40(53)51-19-9-11-34(51)38-44-23-33(48-38)27-14-17-29-26(21-27)13-16-30(45-29)28-15-18-31-32(22-28)47-39(46-31)35-12-10-20-52(35)41(54)37(25(4)8-2)50-43(56)58-6/h13-18,21-25,34-37H,7-12,19-20H2,1-6H3,(H,44,48)(H,46,47)(H,49,55)(H,50,56)/t24-,25-,34+,35+,36+,37+/m1/s1. The topological polar surface area (TPSA) is 188 Å². The van der Waals surface area contributed by atoms with Gasteiger partial charge in [0.15, 0.2) is 0 Å². The maximum atomic E-state index is 13.8. The van der Waals surface area contributed by atoms with E-state index in [2.05, 4.69) is 32.7 Å². The van der Waals surface area contributed by atoms with Gasteiger partial charge >= 0.3 is 12.2 Å². The van der Waals surface area contributed by atoms with Crippen molar-refractivity contribution in [2.75, 3.05) is 27.3 Å². The summed E-state index contributed by atoms with van der Waals surface area (Å²) in [6.07, 6.45) is 5.24. The first-order valence-electron chi connectivity index (χ1n) is 20.3. The Balaban J connectivity index is 1.07. The summed E-state index contributed by atoms with van der Waals surface area (Å²) in [5.74, 6) is 1.04. The molecule has 0 radical (unpaired) electrons. The fourth-order valence-corrected chi connectivity index (χ4v) is 8.18. The minimum absolute atomic E-state index is 0.0627. The molecule has 0 spiro atoms. The van der Waals surface area contributed by atoms with E-state index < -0.39 is 24.3 Å². The van der Waals surface area contributed by atoms with Crippen LogP contribution in [0.5, 0.6) is 0 Å². The summed E-state index contributed by atoms with van der Waals surface area (Å²) in [5, 5.41) is 6.47. The minimum atomic E-state index is -0.687. The van der Waals surface area contributed by atoms with Crippen LogP contribution in [0.2, 0.25) is 0 Å². The number of aromatic amines is 2. The Kier molecular flexibility index (Phi) is 12.0. The van der Waals surface area contributed by atoms with Crippen LogP contribution in [0, 0.1) is 11.8 Å². The van der Waals surface area contributed by atoms with Crippen molar-refractivity contribution < 1.29 is 28.7 Å². The molecule has 6 atom stereocenters. The molecular weight excluding hydrogens is 739 g/mol. The molecule has 3 aromatic heterocycles. The lowest BCUT2D eigenvalue weighted by Crippen LogP contribution is -2.51. The van der Waals surface area contributed by atoms with Crippen LogP contribution in [0.25, 0.3) is 44.5 Å². The van der Waals surface area contributed by atoms with Gasteiger partial charge in [0.1, 0.15) is 23.7 Å². The van der Waals surface area contributed by atoms with E-state index in [4.69, 9.17) is 24.4 Å². The fourth-order valence-electron chi connectivity index (χ4n) is 8.18. The second-order valence-corrected chi connectivity index (χ2v) is 15.5. The first-order chi connectivity index (χ1) is 28.0. The summed E-state index contributed by atoms with van der Waals surface area (Å²) in [5.41, 5.74) is 6.01. The Bertz CT molecular complexity index is 2300. The van der Waals surface area contributed by atoms with Gasteiger partial charge in [0.2, 0.25) is 11.8 Å². The van der Waals surface area contributed by atoms with Gasteiger partial charge in [-0.2, -0.15) is 0 Å². The van der Waals surface area contributed by atoms with Crippen molar-refractivity contribution in [2.45, 2.75) is 90.4 Å². The first kappa shape index (κ1) is 40.2. The van der Waals surface area contributed by atoms with E-state index in [1.807, 2.05) is 73.9 Å². The average Bonchev–Trinajstić information content (AvgIpc) is 4.09. The number of carbonyl (C=O) groups excluding carboxylic acids is 4. The third-order valence-corrected chi connectivity index (χ3v) is 12.0. The molecule has 4 amide bonds. The van der Waals surface area contributed by atoms with Crippen LogP contribution in [-0.4, -0.2) is 98.1 Å². The molecule has 2 saturated heterocycles. The zero-order valence-corrected chi connectivity index (χ0v) is 34.0. The van der Waals surface area contributed by atoms with Crippen LogP contribution in [0.3, 0.4) is 0 Å². The van der Waals surface area contributed by atoms with Gasteiger partial charge in [-0.25, -0.2) is 24.5 Å². The van der Waals surface area contributed by atoms with Gasteiger partial charge in [-0.05, 0) is 67.9 Å². The van der Waals surface area contributed by atoms with E-state index in [1.165, 1.54) is 14.2 Å². The number of rotatable bonds is 12. The molecule has 2 fully saturated rings. The quantitative estimate of drug-likeness (QED) is 0.103. The predicted molar refractivity (Wildman–Crippen MR) is 219 cm³/mol. The van der Waals surface area contributed by atoms with Gasteiger partial charge in [0, 0.05) is 29.6 Å². The third-order valence-electron chi connectivity index (χ3n) is 12.0. The number of nitrogens with zero attached hydrogens (tertiary/aromatic N) is 5. The number of ether oxygens (including phenoxy) is 2. The van der Waals surface area contributed by atoms with Crippen molar-refractivity contribution in [3.05, 3.63) is 66.4 Å². The highest BCUT2D eigenvalue weighted by Crippen LogP contribution is 2.36. The van der Waals surface area contributed by atoms with Crippen LogP contribution >= 0.6 is 0 Å².